The number of amides is 1. The molecule has 1 amide bonds. The van der Waals surface area contributed by atoms with E-state index in [0.29, 0.717) is 37.8 Å². The third-order valence-corrected chi connectivity index (χ3v) is 5.30. The molecule has 2 heterocycles. The van der Waals surface area contributed by atoms with Gasteiger partial charge in [0, 0.05) is 55.8 Å². The van der Waals surface area contributed by atoms with Crippen LogP contribution in [0.4, 0.5) is 5.69 Å². The molecule has 1 aliphatic heterocycles. The summed E-state index contributed by atoms with van der Waals surface area (Å²) in [5.41, 5.74) is 1.90. The molecule has 0 bridgehead atoms. The number of hydrogen-bond acceptors (Lipinski definition) is 6. The number of anilines is 1. The van der Waals surface area contributed by atoms with Crippen molar-refractivity contribution in [1.29, 1.82) is 0 Å². The Morgan fingerprint density at radius 1 is 0.867 bits per heavy atom. The standard InChI is InChI=1S/C22H25N5O3/c1-16-23-24-21(27(16)17-7-5-4-6-8-17)22(28)26-11-9-25(10-12-26)18-13-19(29-2)15-20(14-18)30-3/h4-8,13-15H,9-12H2,1-3H3. The Hall–Kier alpha value is -3.55. The van der Waals surface area contributed by atoms with Gasteiger partial charge in [-0.1, -0.05) is 18.2 Å². The molecule has 1 fully saturated rings. The Balaban J connectivity index is 1.50. The number of aryl methyl sites for hydroxylation is 1. The molecule has 0 radical (unpaired) electrons. The summed E-state index contributed by atoms with van der Waals surface area (Å²) < 4.78 is 12.6. The zero-order chi connectivity index (χ0) is 21.1. The quantitative estimate of drug-likeness (QED) is 0.647. The Bertz CT molecular complexity index is 1000. The topological polar surface area (TPSA) is 72.7 Å². The fourth-order valence-electron chi connectivity index (χ4n) is 3.67. The van der Waals surface area contributed by atoms with Crippen LogP contribution in [0.1, 0.15) is 16.4 Å². The van der Waals surface area contributed by atoms with E-state index in [1.807, 2.05) is 64.9 Å². The number of carbonyl (C=O) groups excluding carboxylic acids is 1. The fraction of sp³-hybridized carbons (Fsp3) is 0.318. The third-order valence-electron chi connectivity index (χ3n) is 5.30. The van der Waals surface area contributed by atoms with E-state index in [1.54, 1.807) is 14.2 Å². The SMILES string of the molecule is COc1cc(OC)cc(N2CCN(C(=O)c3nnc(C)n3-c3ccccc3)CC2)c1. The summed E-state index contributed by atoms with van der Waals surface area (Å²) in [5, 5.41) is 8.30. The van der Waals surface area contributed by atoms with E-state index in [2.05, 4.69) is 15.1 Å². The third kappa shape index (κ3) is 3.80. The second-order valence-electron chi connectivity index (χ2n) is 7.09. The number of para-hydroxylation sites is 1. The summed E-state index contributed by atoms with van der Waals surface area (Å²) in [7, 11) is 3.28. The molecule has 0 saturated carbocycles. The number of methoxy groups -OCH3 is 2. The largest absolute Gasteiger partial charge is 0.497 e. The molecule has 8 heteroatoms. The molecule has 4 rings (SSSR count). The van der Waals surface area contributed by atoms with Crippen molar-refractivity contribution >= 4 is 11.6 Å². The first kappa shape index (κ1) is 19.8. The van der Waals surface area contributed by atoms with Gasteiger partial charge in [-0.15, -0.1) is 10.2 Å². The predicted molar refractivity (Wildman–Crippen MR) is 114 cm³/mol. The van der Waals surface area contributed by atoms with E-state index in [-0.39, 0.29) is 5.91 Å². The molecular weight excluding hydrogens is 382 g/mol. The minimum atomic E-state index is -0.109. The van der Waals surface area contributed by atoms with Crippen LogP contribution in [0.25, 0.3) is 5.69 Å². The number of rotatable bonds is 5. The lowest BCUT2D eigenvalue weighted by Gasteiger charge is -2.36. The van der Waals surface area contributed by atoms with Crippen molar-refractivity contribution in [3.8, 4) is 17.2 Å². The molecule has 2 aromatic carbocycles. The second-order valence-corrected chi connectivity index (χ2v) is 7.09. The molecule has 156 valence electrons. The highest BCUT2D eigenvalue weighted by molar-refractivity contribution is 5.91. The minimum Gasteiger partial charge on any atom is -0.497 e. The molecule has 0 atom stereocenters. The summed E-state index contributed by atoms with van der Waals surface area (Å²) in [6, 6.07) is 15.5. The number of aromatic nitrogens is 3. The van der Waals surface area contributed by atoms with E-state index >= 15 is 0 Å². The lowest BCUT2D eigenvalue weighted by atomic mass is 10.2. The van der Waals surface area contributed by atoms with Crippen LogP contribution in [-0.2, 0) is 0 Å². The Labute approximate surface area is 175 Å². The van der Waals surface area contributed by atoms with Crippen molar-refractivity contribution < 1.29 is 14.3 Å². The Morgan fingerprint density at radius 3 is 2.10 bits per heavy atom. The predicted octanol–water partition coefficient (Wildman–Crippen LogP) is 2.56. The molecule has 0 spiro atoms. The van der Waals surface area contributed by atoms with Crippen LogP contribution >= 0.6 is 0 Å². The molecule has 0 aliphatic carbocycles. The fourth-order valence-corrected chi connectivity index (χ4v) is 3.67. The van der Waals surface area contributed by atoms with Crippen molar-refractivity contribution in [2.45, 2.75) is 6.92 Å². The van der Waals surface area contributed by atoms with Crippen molar-refractivity contribution in [2.24, 2.45) is 0 Å². The Morgan fingerprint density at radius 2 is 1.50 bits per heavy atom. The smallest absolute Gasteiger partial charge is 0.292 e. The summed E-state index contributed by atoms with van der Waals surface area (Å²) in [6.45, 7) is 4.46. The number of ether oxygens (including phenoxy) is 2. The van der Waals surface area contributed by atoms with Crippen molar-refractivity contribution in [3.05, 3.63) is 60.2 Å². The zero-order valence-electron chi connectivity index (χ0n) is 17.4. The van der Waals surface area contributed by atoms with Crippen LogP contribution in [0.15, 0.2) is 48.5 Å². The molecule has 8 nitrogen and oxygen atoms in total. The number of piperazine rings is 1. The van der Waals surface area contributed by atoms with E-state index in [4.69, 9.17) is 9.47 Å². The summed E-state index contributed by atoms with van der Waals surface area (Å²) in [5.74, 6) is 2.41. The maximum atomic E-state index is 13.2. The monoisotopic (exact) mass is 407 g/mol. The number of benzene rings is 2. The molecule has 3 aromatic rings. The highest BCUT2D eigenvalue weighted by Gasteiger charge is 2.27. The average Bonchev–Trinajstić information content (AvgIpc) is 3.20. The van der Waals surface area contributed by atoms with Crippen LogP contribution in [-0.4, -0.2) is 66.0 Å². The van der Waals surface area contributed by atoms with Gasteiger partial charge in [-0.25, -0.2) is 0 Å². The lowest BCUT2D eigenvalue weighted by Crippen LogP contribution is -2.49. The minimum absolute atomic E-state index is 0.109. The first-order valence-corrected chi connectivity index (χ1v) is 9.85. The molecule has 30 heavy (non-hydrogen) atoms. The van der Waals surface area contributed by atoms with E-state index in [0.717, 1.165) is 22.9 Å². The van der Waals surface area contributed by atoms with Gasteiger partial charge < -0.3 is 19.3 Å². The van der Waals surface area contributed by atoms with Gasteiger partial charge in [0.25, 0.3) is 5.91 Å². The second kappa shape index (κ2) is 8.44. The maximum absolute atomic E-state index is 13.2. The van der Waals surface area contributed by atoms with Crippen LogP contribution in [0, 0.1) is 6.92 Å². The highest BCUT2D eigenvalue weighted by atomic mass is 16.5. The molecule has 1 saturated heterocycles. The average molecular weight is 407 g/mol. The Kier molecular flexibility index (Phi) is 5.56. The van der Waals surface area contributed by atoms with E-state index in [1.165, 1.54) is 0 Å². The number of carbonyl (C=O) groups is 1. The van der Waals surface area contributed by atoms with Crippen LogP contribution in [0.5, 0.6) is 11.5 Å². The first-order valence-electron chi connectivity index (χ1n) is 9.85. The molecule has 1 aliphatic rings. The van der Waals surface area contributed by atoms with Crippen LogP contribution < -0.4 is 14.4 Å². The molecule has 0 unspecified atom stereocenters. The summed E-state index contributed by atoms with van der Waals surface area (Å²) in [4.78, 5) is 17.2. The zero-order valence-corrected chi connectivity index (χ0v) is 17.4. The normalized spacial score (nSPS) is 14.0. The van der Waals surface area contributed by atoms with Gasteiger partial charge in [0.2, 0.25) is 5.82 Å². The van der Waals surface area contributed by atoms with Crippen LogP contribution in [0.2, 0.25) is 0 Å². The van der Waals surface area contributed by atoms with E-state index < -0.39 is 0 Å². The molecule has 1 aromatic heterocycles. The maximum Gasteiger partial charge on any atom is 0.292 e. The van der Waals surface area contributed by atoms with Crippen LogP contribution in [0.3, 0.4) is 0 Å². The molecular formula is C22H25N5O3. The van der Waals surface area contributed by atoms with Gasteiger partial charge >= 0.3 is 0 Å². The van der Waals surface area contributed by atoms with Gasteiger partial charge in [0.1, 0.15) is 17.3 Å². The van der Waals surface area contributed by atoms with Crippen molar-refractivity contribution in [1.82, 2.24) is 19.7 Å². The van der Waals surface area contributed by atoms with Gasteiger partial charge in [-0.05, 0) is 19.1 Å². The van der Waals surface area contributed by atoms with Gasteiger partial charge in [-0.2, -0.15) is 0 Å². The van der Waals surface area contributed by atoms with Gasteiger partial charge in [-0.3, -0.25) is 9.36 Å². The lowest BCUT2D eigenvalue weighted by molar-refractivity contribution is 0.0731. The van der Waals surface area contributed by atoms with Crippen molar-refractivity contribution in [2.75, 3.05) is 45.3 Å². The first-order chi connectivity index (χ1) is 14.6. The van der Waals surface area contributed by atoms with Gasteiger partial charge in [0.05, 0.1) is 14.2 Å². The highest BCUT2D eigenvalue weighted by Crippen LogP contribution is 2.29. The summed E-state index contributed by atoms with van der Waals surface area (Å²) >= 11 is 0. The number of nitrogens with zero attached hydrogens (tertiary/aromatic N) is 5. The van der Waals surface area contributed by atoms with Gasteiger partial charge in [0.15, 0.2) is 0 Å². The van der Waals surface area contributed by atoms with E-state index in [9.17, 15) is 4.79 Å². The molecule has 0 N–H and O–H groups in total. The number of hydrogen-bond donors (Lipinski definition) is 0. The summed E-state index contributed by atoms with van der Waals surface area (Å²) in [6.07, 6.45) is 0. The van der Waals surface area contributed by atoms with Crippen molar-refractivity contribution in [3.63, 3.8) is 0 Å².